The highest BCUT2D eigenvalue weighted by Gasteiger charge is 2.11. The number of imidazole rings is 1. The molecule has 0 aliphatic carbocycles. The van der Waals surface area contributed by atoms with Crippen LogP contribution in [0.2, 0.25) is 15.1 Å². The largest absolute Gasteiger partial charge is 0.340 e. The fourth-order valence-corrected chi connectivity index (χ4v) is 2.19. The lowest BCUT2D eigenvalue weighted by atomic mass is 10.3. The average molecular weight is 315 g/mol. The summed E-state index contributed by atoms with van der Waals surface area (Å²) in [4.78, 5) is 15.2. The van der Waals surface area contributed by atoms with Crippen molar-refractivity contribution in [2.45, 2.75) is 0 Å². The number of nitrogens with one attached hydrogen (secondary N) is 2. The molecule has 3 rings (SSSR count). The maximum absolute atomic E-state index is 6.13. The van der Waals surface area contributed by atoms with Gasteiger partial charge in [-0.05, 0) is 12.1 Å². The van der Waals surface area contributed by atoms with E-state index in [0.717, 1.165) is 0 Å². The van der Waals surface area contributed by atoms with E-state index in [4.69, 9.17) is 34.8 Å². The molecule has 0 fully saturated rings. The molecule has 0 radical (unpaired) electrons. The lowest BCUT2D eigenvalue weighted by Gasteiger charge is -2.09. The first kappa shape index (κ1) is 12.5. The van der Waals surface area contributed by atoms with E-state index in [0.29, 0.717) is 37.7 Å². The van der Waals surface area contributed by atoms with E-state index in [2.05, 4.69) is 25.3 Å². The van der Waals surface area contributed by atoms with Gasteiger partial charge in [0.25, 0.3) is 0 Å². The Morgan fingerprint density at radius 1 is 1.00 bits per heavy atom. The third kappa shape index (κ3) is 2.20. The highest BCUT2D eigenvalue weighted by atomic mass is 35.5. The normalized spacial score (nSPS) is 10.9. The van der Waals surface area contributed by atoms with Crippen molar-refractivity contribution in [1.29, 1.82) is 0 Å². The van der Waals surface area contributed by atoms with E-state index in [1.165, 1.54) is 6.33 Å². The van der Waals surface area contributed by atoms with Gasteiger partial charge in [-0.2, -0.15) is 0 Å². The first-order valence-corrected chi connectivity index (χ1v) is 6.35. The Bertz CT molecular complexity index is 755. The molecule has 0 saturated heterocycles. The highest BCUT2D eigenvalue weighted by molar-refractivity contribution is 6.49. The third-order valence-electron chi connectivity index (χ3n) is 2.51. The van der Waals surface area contributed by atoms with E-state index in [1.54, 1.807) is 18.5 Å². The molecule has 19 heavy (non-hydrogen) atoms. The Hall–Kier alpha value is -1.56. The van der Waals surface area contributed by atoms with Crippen LogP contribution < -0.4 is 5.32 Å². The van der Waals surface area contributed by atoms with Crippen molar-refractivity contribution in [3.05, 3.63) is 39.9 Å². The molecule has 0 saturated carbocycles. The monoisotopic (exact) mass is 313 g/mol. The molecule has 2 aromatic heterocycles. The fraction of sp³-hybridized carbons (Fsp3) is 0. The molecule has 5 nitrogen and oxygen atoms in total. The SMILES string of the molecule is Clc1ccc(Nc2ncnc3nc[nH]c23)c(Cl)c1Cl. The zero-order valence-corrected chi connectivity index (χ0v) is 11.6. The molecule has 0 bridgehead atoms. The van der Waals surface area contributed by atoms with Crippen LogP contribution in [0.1, 0.15) is 0 Å². The number of aromatic amines is 1. The Kier molecular flexibility index (Phi) is 3.18. The van der Waals surface area contributed by atoms with Crippen LogP contribution in [0.4, 0.5) is 11.5 Å². The summed E-state index contributed by atoms with van der Waals surface area (Å²) >= 11 is 18.0. The molecule has 0 aliphatic rings. The van der Waals surface area contributed by atoms with Gasteiger partial charge >= 0.3 is 0 Å². The molecule has 0 aliphatic heterocycles. The summed E-state index contributed by atoms with van der Waals surface area (Å²) in [5, 5.41) is 4.10. The number of aromatic nitrogens is 4. The molecular weight excluding hydrogens is 309 g/mol. The first-order chi connectivity index (χ1) is 9.16. The van der Waals surface area contributed by atoms with Crippen LogP contribution in [0.3, 0.4) is 0 Å². The molecule has 8 heteroatoms. The topological polar surface area (TPSA) is 66.5 Å². The maximum Gasteiger partial charge on any atom is 0.182 e. The maximum atomic E-state index is 6.13. The minimum atomic E-state index is 0.295. The standard InChI is InChI=1S/C11H6Cl3N5/c12-5-1-2-6(8(14)7(5)13)19-11-9-10(16-3-15-9)17-4-18-11/h1-4H,(H2,15,16,17,18,19). The number of hydrogen-bond acceptors (Lipinski definition) is 4. The predicted molar refractivity (Wildman–Crippen MR) is 76.4 cm³/mol. The number of anilines is 2. The minimum absolute atomic E-state index is 0.295. The second-order valence-electron chi connectivity index (χ2n) is 3.67. The number of nitrogens with zero attached hydrogens (tertiary/aromatic N) is 3. The van der Waals surface area contributed by atoms with Crippen LogP contribution in [0, 0.1) is 0 Å². The van der Waals surface area contributed by atoms with Gasteiger partial charge in [-0.3, -0.25) is 0 Å². The average Bonchev–Trinajstić information content (AvgIpc) is 2.89. The Balaban J connectivity index is 2.06. The summed E-state index contributed by atoms with van der Waals surface area (Å²) in [6.45, 7) is 0. The van der Waals surface area contributed by atoms with Gasteiger partial charge in [0, 0.05) is 0 Å². The summed E-state index contributed by atoms with van der Waals surface area (Å²) in [5.41, 5.74) is 1.85. The van der Waals surface area contributed by atoms with Gasteiger partial charge in [0.15, 0.2) is 11.5 Å². The van der Waals surface area contributed by atoms with E-state index in [1.807, 2.05) is 0 Å². The van der Waals surface area contributed by atoms with Crippen LogP contribution in [0.15, 0.2) is 24.8 Å². The summed E-state index contributed by atoms with van der Waals surface area (Å²) in [7, 11) is 0. The number of halogens is 3. The zero-order chi connectivity index (χ0) is 13.4. The lowest BCUT2D eigenvalue weighted by molar-refractivity contribution is 1.20. The van der Waals surface area contributed by atoms with Gasteiger partial charge in [0.05, 0.1) is 27.1 Å². The summed E-state index contributed by atoms with van der Waals surface area (Å²) in [6, 6.07) is 3.38. The van der Waals surface area contributed by atoms with Crippen molar-refractivity contribution in [3.8, 4) is 0 Å². The van der Waals surface area contributed by atoms with E-state index < -0.39 is 0 Å². The molecule has 0 atom stereocenters. The van der Waals surface area contributed by atoms with Gasteiger partial charge in [-0.1, -0.05) is 34.8 Å². The van der Waals surface area contributed by atoms with Gasteiger partial charge < -0.3 is 10.3 Å². The van der Waals surface area contributed by atoms with Crippen molar-refractivity contribution >= 4 is 57.5 Å². The van der Waals surface area contributed by atoms with Gasteiger partial charge in [0.1, 0.15) is 11.8 Å². The van der Waals surface area contributed by atoms with Crippen LogP contribution in [0.5, 0.6) is 0 Å². The molecule has 3 aromatic rings. The first-order valence-electron chi connectivity index (χ1n) is 5.21. The molecule has 2 N–H and O–H groups in total. The van der Waals surface area contributed by atoms with Crippen molar-refractivity contribution in [1.82, 2.24) is 19.9 Å². The summed E-state index contributed by atoms with van der Waals surface area (Å²) < 4.78 is 0. The molecule has 1 aromatic carbocycles. The van der Waals surface area contributed by atoms with Gasteiger partial charge in [0.2, 0.25) is 0 Å². The number of H-pyrrole nitrogens is 1. The van der Waals surface area contributed by atoms with Crippen molar-refractivity contribution in [2.75, 3.05) is 5.32 Å². The van der Waals surface area contributed by atoms with Crippen molar-refractivity contribution < 1.29 is 0 Å². The Morgan fingerprint density at radius 2 is 1.84 bits per heavy atom. The van der Waals surface area contributed by atoms with E-state index in [-0.39, 0.29) is 0 Å². The predicted octanol–water partition coefficient (Wildman–Crippen LogP) is 4.06. The van der Waals surface area contributed by atoms with Crippen molar-refractivity contribution in [2.24, 2.45) is 0 Å². The Labute approximate surface area is 122 Å². The smallest absolute Gasteiger partial charge is 0.182 e. The van der Waals surface area contributed by atoms with Crippen LogP contribution in [-0.4, -0.2) is 19.9 Å². The van der Waals surface area contributed by atoms with E-state index >= 15 is 0 Å². The van der Waals surface area contributed by atoms with Gasteiger partial charge in [-0.15, -0.1) is 0 Å². The van der Waals surface area contributed by atoms with Gasteiger partial charge in [-0.25, -0.2) is 15.0 Å². The third-order valence-corrected chi connectivity index (χ3v) is 3.80. The number of benzene rings is 1. The minimum Gasteiger partial charge on any atom is -0.340 e. The Morgan fingerprint density at radius 3 is 2.68 bits per heavy atom. The molecule has 2 heterocycles. The van der Waals surface area contributed by atoms with Crippen molar-refractivity contribution in [3.63, 3.8) is 0 Å². The number of rotatable bonds is 2. The zero-order valence-electron chi connectivity index (χ0n) is 9.28. The molecule has 0 amide bonds. The van der Waals surface area contributed by atoms with Crippen LogP contribution in [-0.2, 0) is 0 Å². The van der Waals surface area contributed by atoms with Crippen LogP contribution in [0.25, 0.3) is 11.2 Å². The molecule has 0 spiro atoms. The summed E-state index contributed by atoms with van der Waals surface area (Å²) in [5.74, 6) is 0.558. The molecule has 96 valence electrons. The highest BCUT2D eigenvalue weighted by Crippen LogP contribution is 2.37. The quantitative estimate of drug-likeness (QED) is 0.700. The second-order valence-corrected chi connectivity index (χ2v) is 4.83. The number of hydrogen-bond donors (Lipinski definition) is 2. The van der Waals surface area contributed by atoms with Crippen LogP contribution >= 0.6 is 34.8 Å². The lowest BCUT2D eigenvalue weighted by Crippen LogP contribution is -1.96. The fourth-order valence-electron chi connectivity index (χ4n) is 1.61. The van der Waals surface area contributed by atoms with E-state index in [9.17, 15) is 0 Å². The molecular formula is C11H6Cl3N5. The molecule has 0 unspecified atom stereocenters. The summed E-state index contributed by atoms with van der Waals surface area (Å²) in [6.07, 6.45) is 2.96. The second kappa shape index (κ2) is 4.85. The number of fused-ring (bicyclic) bond motifs is 1.